The molecule has 1 atom stereocenters. The average molecular weight is 336 g/mol. The van der Waals surface area contributed by atoms with Gasteiger partial charge in [-0.05, 0) is 35.9 Å². The van der Waals surface area contributed by atoms with Gasteiger partial charge in [0.25, 0.3) is 0 Å². The van der Waals surface area contributed by atoms with Gasteiger partial charge in [0.05, 0.1) is 6.07 Å². The summed E-state index contributed by atoms with van der Waals surface area (Å²) in [6.07, 6.45) is 0. The molecule has 0 aliphatic carbocycles. The summed E-state index contributed by atoms with van der Waals surface area (Å²) in [5.41, 5.74) is 0.476. The number of nitriles is 1. The predicted molar refractivity (Wildman–Crippen MR) is 73.2 cm³/mol. The molecule has 2 nitrogen and oxygen atoms in total. The Kier molecular flexibility index (Phi) is 4.26. The van der Waals surface area contributed by atoms with E-state index >= 15 is 0 Å². The molecule has 0 N–H and O–H groups in total. The highest BCUT2D eigenvalue weighted by atomic mass is 79.9. The molecule has 1 unspecified atom stereocenters. The second kappa shape index (κ2) is 5.93. The SMILES string of the molecule is N#CC(C(=O)c1ccc(F)c(F)c1)c1ccc(Br)cc1. The number of ketones is 1. The number of carbonyl (C=O) groups is 1. The molecular weight excluding hydrogens is 328 g/mol. The van der Waals surface area contributed by atoms with Gasteiger partial charge in [-0.15, -0.1) is 0 Å². The second-order valence-electron chi connectivity index (χ2n) is 4.11. The molecule has 2 aromatic carbocycles. The molecule has 0 aliphatic heterocycles. The van der Waals surface area contributed by atoms with Crippen molar-refractivity contribution in [3.63, 3.8) is 0 Å². The number of nitrogens with zero attached hydrogens (tertiary/aromatic N) is 1. The van der Waals surface area contributed by atoms with Crippen LogP contribution in [0, 0.1) is 23.0 Å². The van der Waals surface area contributed by atoms with Crippen molar-refractivity contribution in [1.82, 2.24) is 0 Å². The monoisotopic (exact) mass is 335 g/mol. The van der Waals surface area contributed by atoms with E-state index in [1.165, 1.54) is 6.07 Å². The standard InChI is InChI=1S/C15H8BrF2NO/c16-11-4-1-9(2-5-11)12(8-19)15(20)10-3-6-13(17)14(18)7-10/h1-7,12H. The van der Waals surface area contributed by atoms with E-state index in [0.717, 1.165) is 16.6 Å². The van der Waals surface area contributed by atoms with Crippen LogP contribution in [0.5, 0.6) is 0 Å². The lowest BCUT2D eigenvalue weighted by atomic mass is 9.92. The van der Waals surface area contributed by atoms with Gasteiger partial charge in [0.1, 0.15) is 5.92 Å². The first kappa shape index (κ1) is 14.4. The van der Waals surface area contributed by atoms with Gasteiger partial charge >= 0.3 is 0 Å². The predicted octanol–water partition coefficient (Wildman–Crippen LogP) is 4.22. The van der Waals surface area contributed by atoms with Crippen LogP contribution in [0.15, 0.2) is 46.9 Å². The van der Waals surface area contributed by atoms with Crippen LogP contribution in [-0.2, 0) is 0 Å². The molecule has 0 aliphatic rings. The summed E-state index contributed by atoms with van der Waals surface area (Å²) in [6, 6.07) is 11.4. The van der Waals surface area contributed by atoms with Gasteiger partial charge in [0.15, 0.2) is 17.4 Å². The molecule has 20 heavy (non-hydrogen) atoms. The number of halogens is 3. The molecule has 5 heteroatoms. The molecule has 100 valence electrons. The first-order valence-corrected chi connectivity index (χ1v) is 6.46. The minimum atomic E-state index is -1.11. The maximum Gasteiger partial charge on any atom is 0.184 e. The smallest absolute Gasteiger partial charge is 0.184 e. The van der Waals surface area contributed by atoms with Gasteiger partial charge < -0.3 is 0 Å². The summed E-state index contributed by atoms with van der Waals surface area (Å²) in [7, 11) is 0. The van der Waals surface area contributed by atoms with Crippen LogP contribution in [0.2, 0.25) is 0 Å². The molecule has 0 aromatic heterocycles. The van der Waals surface area contributed by atoms with Gasteiger partial charge in [-0.1, -0.05) is 28.1 Å². The zero-order chi connectivity index (χ0) is 14.7. The van der Waals surface area contributed by atoms with Crippen molar-refractivity contribution in [1.29, 1.82) is 5.26 Å². The van der Waals surface area contributed by atoms with Crippen LogP contribution < -0.4 is 0 Å². The second-order valence-corrected chi connectivity index (χ2v) is 5.02. The number of rotatable bonds is 3. The normalized spacial score (nSPS) is 11.7. The Bertz CT molecular complexity index is 692. The molecule has 2 aromatic rings. The van der Waals surface area contributed by atoms with E-state index in [-0.39, 0.29) is 5.56 Å². The Morgan fingerprint density at radius 3 is 2.30 bits per heavy atom. The number of hydrogen-bond acceptors (Lipinski definition) is 2. The van der Waals surface area contributed by atoms with Crippen molar-refractivity contribution in [3.8, 4) is 6.07 Å². The Labute approximate surface area is 122 Å². The fourth-order valence-electron chi connectivity index (χ4n) is 1.76. The third kappa shape index (κ3) is 2.91. The highest BCUT2D eigenvalue weighted by molar-refractivity contribution is 9.10. The lowest BCUT2D eigenvalue weighted by molar-refractivity contribution is 0.0978. The Morgan fingerprint density at radius 1 is 1.10 bits per heavy atom. The van der Waals surface area contributed by atoms with Crippen molar-refractivity contribution < 1.29 is 13.6 Å². The molecule has 0 radical (unpaired) electrons. The molecular formula is C15H8BrF2NO. The maximum atomic E-state index is 13.1. The topological polar surface area (TPSA) is 40.9 Å². The Balaban J connectivity index is 2.36. The van der Waals surface area contributed by atoms with Gasteiger partial charge in [-0.25, -0.2) is 8.78 Å². The van der Waals surface area contributed by atoms with E-state index in [0.29, 0.717) is 5.56 Å². The zero-order valence-electron chi connectivity index (χ0n) is 10.1. The van der Waals surface area contributed by atoms with E-state index in [4.69, 9.17) is 5.26 Å². The number of carbonyl (C=O) groups excluding carboxylic acids is 1. The van der Waals surface area contributed by atoms with E-state index in [1.54, 1.807) is 24.3 Å². The average Bonchev–Trinajstić information content (AvgIpc) is 2.44. The molecule has 2 rings (SSSR count). The van der Waals surface area contributed by atoms with Crippen LogP contribution in [0.25, 0.3) is 0 Å². The Morgan fingerprint density at radius 2 is 1.75 bits per heavy atom. The molecule has 0 saturated heterocycles. The molecule has 0 heterocycles. The summed E-state index contributed by atoms with van der Waals surface area (Å²) in [6.45, 7) is 0. The van der Waals surface area contributed by atoms with Crippen molar-refractivity contribution in [2.75, 3.05) is 0 Å². The summed E-state index contributed by atoms with van der Waals surface area (Å²) < 4.78 is 26.8. The largest absolute Gasteiger partial charge is 0.292 e. The maximum absolute atomic E-state index is 13.1. The van der Waals surface area contributed by atoms with Gasteiger partial charge in [-0.3, -0.25) is 4.79 Å². The summed E-state index contributed by atoms with van der Waals surface area (Å²) in [4.78, 5) is 12.2. The fraction of sp³-hybridized carbons (Fsp3) is 0.0667. The molecule has 0 bridgehead atoms. The van der Waals surface area contributed by atoms with Gasteiger partial charge in [0, 0.05) is 10.0 Å². The van der Waals surface area contributed by atoms with Crippen LogP contribution in [0.3, 0.4) is 0 Å². The minimum Gasteiger partial charge on any atom is -0.292 e. The van der Waals surface area contributed by atoms with E-state index in [2.05, 4.69) is 15.9 Å². The Hall–Kier alpha value is -2.06. The van der Waals surface area contributed by atoms with Crippen LogP contribution in [-0.4, -0.2) is 5.78 Å². The minimum absolute atomic E-state index is 0.0293. The molecule has 0 fully saturated rings. The van der Waals surface area contributed by atoms with Crippen molar-refractivity contribution in [2.24, 2.45) is 0 Å². The summed E-state index contributed by atoms with van der Waals surface area (Å²) in [5.74, 6) is -3.75. The number of hydrogen-bond donors (Lipinski definition) is 0. The quantitative estimate of drug-likeness (QED) is 0.788. The number of benzene rings is 2. The first-order chi connectivity index (χ1) is 9.52. The third-order valence-corrected chi connectivity index (χ3v) is 3.33. The van der Waals surface area contributed by atoms with Crippen molar-refractivity contribution in [2.45, 2.75) is 5.92 Å². The third-order valence-electron chi connectivity index (χ3n) is 2.80. The van der Waals surface area contributed by atoms with E-state index < -0.39 is 23.3 Å². The highest BCUT2D eigenvalue weighted by Crippen LogP contribution is 2.23. The van der Waals surface area contributed by atoms with Gasteiger partial charge in [-0.2, -0.15) is 5.26 Å². The summed E-state index contributed by atoms with van der Waals surface area (Å²) in [5, 5.41) is 9.15. The number of Topliss-reactive ketones (excluding diaryl/α,β-unsaturated/α-hetero) is 1. The molecule has 0 saturated carbocycles. The first-order valence-electron chi connectivity index (χ1n) is 5.67. The molecule has 0 amide bonds. The van der Waals surface area contributed by atoms with E-state index in [1.807, 2.05) is 6.07 Å². The van der Waals surface area contributed by atoms with Gasteiger partial charge in [0.2, 0.25) is 0 Å². The highest BCUT2D eigenvalue weighted by Gasteiger charge is 2.22. The van der Waals surface area contributed by atoms with Crippen LogP contribution >= 0.6 is 15.9 Å². The van der Waals surface area contributed by atoms with Crippen LogP contribution in [0.4, 0.5) is 8.78 Å². The lowest BCUT2D eigenvalue weighted by Crippen LogP contribution is -2.11. The summed E-state index contributed by atoms with van der Waals surface area (Å²) >= 11 is 3.26. The lowest BCUT2D eigenvalue weighted by Gasteiger charge is -2.09. The van der Waals surface area contributed by atoms with Crippen LogP contribution in [0.1, 0.15) is 21.8 Å². The fourth-order valence-corrected chi connectivity index (χ4v) is 2.02. The van der Waals surface area contributed by atoms with E-state index in [9.17, 15) is 13.6 Å². The van der Waals surface area contributed by atoms with Crippen molar-refractivity contribution in [3.05, 3.63) is 69.7 Å². The zero-order valence-corrected chi connectivity index (χ0v) is 11.7. The van der Waals surface area contributed by atoms with Crippen molar-refractivity contribution >= 4 is 21.7 Å². The molecule has 0 spiro atoms.